The zero-order chi connectivity index (χ0) is 24.0. The largest absolute Gasteiger partial charge is 0.468 e. The Morgan fingerprint density at radius 2 is 1.79 bits per heavy atom. The second kappa shape index (κ2) is 10.7. The maximum absolute atomic E-state index is 12.4. The molecule has 0 atom stereocenters. The van der Waals surface area contributed by atoms with Gasteiger partial charge in [-0.2, -0.15) is 0 Å². The minimum Gasteiger partial charge on any atom is -0.468 e. The Balaban J connectivity index is 1.33. The highest BCUT2D eigenvalue weighted by Gasteiger charge is 2.16. The van der Waals surface area contributed by atoms with Crippen molar-refractivity contribution in [3.8, 4) is 11.4 Å². The Hall–Kier alpha value is -3.41. The Kier molecular flexibility index (Phi) is 7.46. The number of nitrogens with one attached hydrogen (secondary N) is 2. The van der Waals surface area contributed by atoms with Gasteiger partial charge in [-0.05, 0) is 43.3 Å². The fraction of sp³-hybridized carbons (Fsp3) is 0.174. The summed E-state index contributed by atoms with van der Waals surface area (Å²) in [5.74, 6) is 1.17. The first kappa shape index (κ1) is 23.7. The molecule has 4 rings (SSSR count). The maximum atomic E-state index is 12.4. The highest BCUT2D eigenvalue weighted by atomic mass is 32.2. The summed E-state index contributed by atoms with van der Waals surface area (Å²) in [7, 11) is -3.70. The molecule has 176 valence electrons. The highest BCUT2D eigenvalue weighted by molar-refractivity contribution is 7.99. The maximum Gasteiger partial charge on any atom is 0.240 e. The van der Waals surface area contributed by atoms with Gasteiger partial charge < -0.3 is 14.3 Å². The molecule has 4 aromatic rings. The van der Waals surface area contributed by atoms with Crippen molar-refractivity contribution in [2.24, 2.45) is 0 Å². The number of hydrogen-bond donors (Lipinski definition) is 2. The molecule has 0 bridgehead atoms. The second-order valence-corrected chi connectivity index (χ2v) is 9.89. The molecule has 0 aliphatic rings. The Morgan fingerprint density at radius 1 is 1.03 bits per heavy atom. The van der Waals surface area contributed by atoms with Crippen molar-refractivity contribution in [1.29, 1.82) is 0 Å². The van der Waals surface area contributed by atoms with Crippen molar-refractivity contribution < 1.29 is 17.6 Å². The zero-order valence-corrected chi connectivity index (χ0v) is 20.0. The van der Waals surface area contributed by atoms with E-state index in [1.54, 1.807) is 24.3 Å². The van der Waals surface area contributed by atoms with Crippen LogP contribution in [-0.2, 0) is 27.9 Å². The summed E-state index contributed by atoms with van der Waals surface area (Å²) in [6.45, 7) is 2.73. The number of thioether (sulfide) groups is 1. The Morgan fingerprint density at radius 3 is 2.47 bits per heavy atom. The molecule has 0 saturated carbocycles. The molecule has 1 amide bonds. The molecule has 0 radical (unpaired) electrons. The molecule has 0 aliphatic heterocycles. The number of amides is 1. The first-order valence-electron chi connectivity index (χ1n) is 10.5. The van der Waals surface area contributed by atoms with Gasteiger partial charge >= 0.3 is 0 Å². The Bertz CT molecular complexity index is 1340. The standard InChI is InChI=1S/C23H23N5O4S2/c1-2-28-22(17-7-4-3-5-8-17)26-27-23(28)33-16-21(29)25-18-10-12-20(13-11-18)34(30,31)24-15-19-9-6-14-32-19/h3-14,24H,2,15-16H2,1H3,(H,25,29). The van der Waals surface area contributed by atoms with E-state index < -0.39 is 10.0 Å². The molecule has 2 aromatic heterocycles. The van der Waals surface area contributed by atoms with Crippen LogP contribution in [-0.4, -0.2) is 34.8 Å². The van der Waals surface area contributed by atoms with Crippen LogP contribution in [0.3, 0.4) is 0 Å². The van der Waals surface area contributed by atoms with E-state index in [1.165, 1.54) is 30.2 Å². The summed E-state index contributed by atoms with van der Waals surface area (Å²) < 4.78 is 34.4. The third-order valence-corrected chi connectivity index (χ3v) is 7.25. The number of rotatable bonds is 10. The summed E-state index contributed by atoms with van der Waals surface area (Å²) in [6, 6.07) is 19.1. The lowest BCUT2D eigenvalue weighted by Crippen LogP contribution is -2.23. The van der Waals surface area contributed by atoms with Gasteiger partial charge in [0.25, 0.3) is 0 Å². The van der Waals surface area contributed by atoms with E-state index in [1.807, 2.05) is 41.8 Å². The number of hydrogen-bond acceptors (Lipinski definition) is 7. The molecule has 11 heteroatoms. The third-order valence-electron chi connectivity index (χ3n) is 4.86. The van der Waals surface area contributed by atoms with E-state index >= 15 is 0 Å². The molecule has 0 aliphatic carbocycles. The van der Waals surface area contributed by atoms with Gasteiger partial charge in [-0.3, -0.25) is 4.79 Å². The van der Waals surface area contributed by atoms with Crippen LogP contribution in [0.1, 0.15) is 12.7 Å². The molecular weight excluding hydrogens is 474 g/mol. The van der Waals surface area contributed by atoms with Gasteiger partial charge in [-0.25, -0.2) is 13.1 Å². The minimum absolute atomic E-state index is 0.0550. The lowest BCUT2D eigenvalue weighted by atomic mass is 10.2. The van der Waals surface area contributed by atoms with Crippen LogP contribution in [0.4, 0.5) is 5.69 Å². The van der Waals surface area contributed by atoms with E-state index in [4.69, 9.17) is 4.42 Å². The zero-order valence-electron chi connectivity index (χ0n) is 18.3. The van der Waals surface area contributed by atoms with Crippen molar-refractivity contribution in [2.45, 2.75) is 30.1 Å². The van der Waals surface area contributed by atoms with E-state index in [0.29, 0.717) is 23.1 Å². The summed E-state index contributed by atoms with van der Waals surface area (Å²) >= 11 is 1.29. The number of aromatic nitrogens is 3. The monoisotopic (exact) mass is 497 g/mol. The molecule has 34 heavy (non-hydrogen) atoms. The lowest BCUT2D eigenvalue weighted by molar-refractivity contribution is -0.113. The number of nitrogens with zero attached hydrogens (tertiary/aromatic N) is 3. The molecule has 0 spiro atoms. The third kappa shape index (κ3) is 5.74. The fourth-order valence-electron chi connectivity index (χ4n) is 3.19. The summed E-state index contributed by atoms with van der Waals surface area (Å²) in [6.07, 6.45) is 1.48. The van der Waals surface area contributed by atoms with Crippen LogP contribution in [0.2, 0.25) is 0 Å². The van der Waals surface area contributed by atoms with Gasteiger partial charge in [-0.15, -0.1) is 10.2 Å². The first-order chi connectivity index (χ1) is 16.5. The molecular formula is C23H23N5O4S2. The van der Waals surface area contributed by atoms with Crippen LogP contribution in [0.25, 0.3) is 11.4 Å². The molecule has 2 N–H and O–H groups in total. The molecule has 2 aromatic carbocycles. The molecule has 9 nitrogen and oxygen atoms in total. The molecule has 0 unspecified atom stereocenters. The van der Waals surface area contributed by atoms with Gasteiger partial charge in [0.05, 0.1) is 23.5 Å². The molecule has 2 heterocycles. The van der Waals surface area contributed by atoms with Gasteiger partial charge in [0.2, 0.25) is 15.9 Å². The normalized spacial score (nSPS) is 11.4. The van der Waals surface area contributed by atoms with Gasteiger partial charge in [0, 0.05) is 17.8 Å². The predicted molar refractivity (Wildman–Crippen MR) is 130 cm³/mol. The number of furan rings is 1. The number of carbonyl (C=O) groups is 1. The van der Waals surface area contributed by atoms with E-state index in [2.05, 4.69) is 20.2 Å². The SMILES string of the molecule is CCn1c(SCC(=O)Nc2ccc(S(=O)(=O)NCc3ccco3)cc2)nnc1-c1ccccc1. The van der Waals surface area contributed by atoms with Crippen molar-refractivity contribution in [3.05, 3.63) is 78.8 Å². The van der Waals surface area contributed by atoms with Crippen molar-refractivity contribution in [1.82, 2.24) is 19.5 Å². The number of sulfonamides is 1. The van der Waals surface area contributed by atoms with Crippen LogP contribution < -0.4 is 10.0 Å². The molecule has 0 saturated heterocycles. The van der Waals surface area contributed by atoms with Gasteiger partial charge in [0.15, 0.2) is 11.0 Å². The van der Waals surface area contributed by atoms with Crippen LogP contribution >= 0.6 is 11.8 Å². The predicted octanol–water partition coefficient (Wildman–Crippen LogP) is 3.77. The minimum atomic E-state index is -3.70. The number of anilines is 1. The fourth-order valence-corrected chi connectivity index (χ4v) is 4.98. The van der Waals surface area contributed by atoms with Gasteiger partial charge in [0.1, 0.15) is 5.76 Å². The quantitative estimate of drug-likeness (QED) is 0.320. The van der Waals surface area contributed by atoms with Gasteiger partial charge in [-0.1, -0.05) is 42.1 Å². The highest BCUT2D eigenvalue weighted by Crippen LogP contribution is 2.24. The van der Waals surface area contributed by atoms with Crippen LogP contribution in [0.5, 0.6) is 0 Å². The van der Waals surface area contributed by atoms with E-state index in [-0.39, 0.29) is 23.1 Å². The summed E-state index contributed by atoms with van der Waals surface area (Å²) in [4.78, 5) is 12.5. The van der Waals surface area contributed by atoms with Crippen LogP contribution in [0, 0.1) is 0 Å². The average molecular weight is 498 g/mol. The topological polar surface area (TPSA) is 119 Å². The summed E-state index contributed by atoms with van der Waals surface area (Å²) in [5, 5.41) is 11.9. The van der Waals surface area contributed by atoms with E-state index in [9.17, 15) is 13.2 Å². The second-order valence-electron chi connectivity index (χ2n) is 7.18. The van der Waals surface area contributed by atoms with Crippen molar-refractivity contribution in [2.75, 3.05) is 11.1 Å². The Labute approximate surface area is 201 Å². The molecule has 0 fully saturated rings. The lowest BCUT2D eigenvalue weighted by Gasteiger charge is -2.09. The average Bonchev–Trinajstić information content (AvgIpc) is 3.52. The van der Waals surface area contributed by atoms with E-state index in [0.717, 1.165) is 11.4 Å². The van der Waals surface area contributed by atoms with Crippen molar-refractivity contribution in [3.63, 3.8) is 0 Å². The number of benzene rings is 2. The van der Waals surface area contributed by atoms with Crippen molar-refractivity contribution >= 4 is 33.4 Å². The number of carbonyl (C=O) groups excluding carboxylic acids is 1. The summed E-state index contributed by atoms with van der Waals surface area (Å²) in [5.41, 5.74) is 1.46. The van der Waals surface area contributed by atoms with Crippen LogP contribution in [0.15, 0.2) is 87.5 Å². The first-order valence-corrected chi connectivity index (χ1v) is 13.0. The smallest absolute Gasteiger partial charge is 0.240 e.